The molecule has 1 amide bonds. The van der Waals surface area contributed by atoms with E-state index in [0.717, 1.165) is 21.6 Å². The SMILES string of the molecule is O=C(C1CCCN(S(=O)(=O)c2ccc(Cl)s2)C1)N(Cc1ccco1)c1nc2ccc(Cl)cc2s1. The largest absolute Gasteiger partial charge is 0.467 e. The number of sulfonamides is 1. The van der Waals surface area contributed by atoms with E-state index in [-0.39, 0.29) is 23.2 Å². The molecule has 178 valence electrons. The zero-order valence-electron chi connectivity index (χ0n) is 17.7. The first kappa shape index (κ1) is 23.8. The number of anilines is 1. The molecule has 5 rings (SSSR count). The highest BCUT2D eigenvalue weighted by Crippen LogP contribution is 2.35. The molecule has 1 unspecified atom stereocenters. The number of halogens is 2. The quantitative estimate of drug-likeness (QED) is 0.296. The van der Waals surface area contributed by atoms with Gasteiger partial charge >= 0.3 is 0 Å². The zero-order chi connectivity index (χ0) is 23.9. The summed E-state index contributed by atoms with van der Waals surface area (Å²) < 4.78 is 34.6. The van der Waals surface area contributed by atoms with E-state index in [1.165, 1.54) is 21.7 Å². The molecule has 0 saturated carbocycles. The lowest BCUT2D eigenvalue weighted by atomic mass is 9.98. The van der Waals surface area contributed by atoms with Gasteiger partial charge in [0.2, 0.25) is 5.91 Å². The number of thiophene rings is 1. The fraction of sp³-hybridized carbons (Fsp3) is 0.273. The van der Waals surface area contributed by atoms with E-state index in [9.17, 15) is 13.2 Å². The van der Waals surface area contributed by atoms with Gasteiger partial charge in [-0.3, -0.25) is 9.69 Å². The number of nitrogens with zero attached hydrogens (tertiary/aromatic N) is 3. The zero-order valence-corrected chi connectivity index (χ0v) is 21.6. The van der Waals surface area contributed by atoms with Crippen molar-refractivity contribution < 1.29 is 17.6 Å². The molecule has 7 nitrogen and oxygen atoms in total. The number of rotatable bonds is 6. The van der Waals surface area contributed by atoms with Crippen LogP contribution >= 0.6 is 45.9 Å². The van der Waals surface area contributed by atoms with E-state index in [2.05, 4.69) is 4.98 Å². The van der Waals surface area contributed by atoms with E-state index in [1.807, 2.05) is 12.1 Å². The van der Waals surface area contributed by atoms with Crippen molar-refractivity contribution in [2.75, 3.05) is 18.0 Å². The number of furan rings is 1. The van der Waals surface area contributed by atoms with Crippen molar-refractivity contribution in [1.29, 1.82) is 0 Å². The highest BCUT2D eigenvalue weighted by molar-refractivity contribution is 7.91. The van der Waals surface area contributed by atoms with Crippen molar-refractivity contribution in [3.63, 3.8) is 0 Å². The van der Waals surface area contributed by atoms with Crippen molar-refractivity contribution in [3.8, 4) is 0 Å². The molecule has 1 fully saturated rings. The van der Waals surface area contributed by atoms with Crippen LogP contribution in [0.15, 0.2) is 57.4 Å². The van der Waals surface area contributed by atoms with Gasteiger partial charge in [-0.15, -0.1) is 11.3 Å². The second-order valence-corrected chi connectivity index (χ2v) is 13.2. The van der Waals surface area contributed by atoms with Crippen molar-refractivity contribution in [2.24, 2.45) is 5.92 Å². The lowest BCUT2D eigenvalue weighted by Gasteiger charge is -2.33. The molecule has 0 bridgehead atoms. The molecule has 1 atom stereocenters. The fourth-order valence-corrected chi connectivity index (χ4v) is 8.35. The molecule has 4 heterocycles. The Balaban J connectivity index is 1.44. The molecule has 0 N–H and O–H groups in total. The summed E-state index contributed by atoms with van der Waals surface area (Å²) in [5.74, 6) is -0.0886. The molecular weight excluding hydrogens is 537 g/mol. The number of carbonyl (C=O) groups is 1. The van der Waals surface area contributed by atoms with Crippen LogP contribution in [0.3, 0.4) is 0 Å². The number of carbonyl (C=O) groups excluding carboxylic acids is 1. The lowest BCUT2D eigenvalue weighted by Crippen LogP contribution is -2.46. The molecule has 1 saturated heterocycles. The van der Waals surface area contributed by atoms with Gasteiger partial charge in [0.05, 0.1) is 33.3 Å². The number of benzene rings is 1. The smallest absolute Gasteiger partial charge is 0.252 e. The van der Waals surface area contributed by atoms with Gasteiger partial charge < -0.3 is 4.42 Å². The Morgan fingerprint density at radius 1 is 1.21 bits per heavy atom. The summed E-state index contributed by atoms with van der Waals surface area (Å²) in [7, 11) is -3.72. The summed E-state index contributed by atoms with van der Waals surface area (Å²) in [6.07, 6.45) is 2.72. The van der Waals surface area contributed by atoms with Gasteiger partial charge in [0.25, 0.3) is 10.0 Å². The third-order valence-electron chi connectivity index (χ3n) is 5.61. The van der Waals surface area contributed by atoms with Crippen LogP contribution in [0.5, 0.6) is 0 Å². The first-order chi connectivity index (χ1) is 16.3. The molecule has 0 spiro atoms. The van der Waals surface area contributed by atoms with Crippen LogP contribution in [-0.4, -0.2) is 36.7 Å². The number of thiazole rings is 1. The van der Waals surface area contributed by atoms with Crippen molar-refractivity contribution in [3.05, 3.63) is 63.8 Å². The second-order valence-electron chi connectivity index (χ2n) is 7.87. The second kappa shape index (κ2) is 9.60. The molecule has 3 aromatic heterocycles. The topological polar surface area (TPSA) is 83.7 Å². The average Bonchev–Trinajstić information content (AvgIpc) is 3.58. The minimum atomic E-state index is -3.72. The Kier molecular flexibility index (Phi) is 6.71. The minimum absolute atomic E-state index is 0.0993. The van der Waals surface area contributed by atoms with Gasteiger partial charge in [-0.05, 0) is 55.3 Å². The number of hydrogen-bond acceptors (Lipinski definition) is 7. The summed E-state index contributed by atoms with van der Waals surface area (Å²) in [6, 6.07) is 12.0. The van der Waals surface area contributed by atoms with Crippen LogP contribution in [0.25, 0.3) is 10.2 Å². The maximum atomic E-state index is 13.8. The summed E-state index contributed by atoms with van der Waals surface area (Å²) in [6.45, 7) is 0.657. The van der Waals surface area contributed by atoms with E-state index in [1.54, 1.807) is 35.4 Å². The Morgan fingerprint density at radius 3 is 2.79 bits per heavy atom. The maximum Gasteiger partial charge on any atom is 0.252 e. The number of hydrogen-bond donors (Lipinski definition) is 0. The highest BCUT2D eigenvalue weighted by atomic mass is 35.5. The van der Waals surface area contributed by atoms with Crippen molar-refractivity contribution in [1.82, 2.24) is 9.29 Å². The maximum absolute atomic E-state index is 13.8. The molecule has 1 aromatic carbocycles. The van der Waals surface area contributed by atoms with E-state index in [4.69, 9.17) is 27.6 Å². The number of aromatic nitrogens is 1. The summed E-state index contributed by atoms with van der Waals surface area (Å²) >= 11 is 14.5. The van der Waals surface area contributed by atoms with E-state index >= 15 is 0 Å². The van der Waals surface area contributed by atoms with Gasteiger partial charge in [-0.25, -0.2) is 13.4 Å². The van der Waals surface area contributed by atoms with Gasteiger partial charge in [-0.1, -0.05) is 34.5 Å². The first-order valence-corrected chi connectivity index (χ1v) is 14.3. The summed E-state index contributed by atoms with van der Waals surface area (Å²) in [4.78, 5) is 20.0. The normalized spacial score (nSPS) is 17.3. The predicted molar refractivity (Wildman–Crippen MR) is 135 cm³/mol. The Morgan fingerprint density at radius 2 is 2.06 bits per heavy atom. The summed E-state index contributed by atoms with van der Waals surface area (Å²) in [5, 5.41) is 1.11. The third-order valence-corrected chi connectivity index (χ3v) is 10.4. The van der Waals surface area contributed by atoms with Crippen LogP contribution in [0, 0.1) is 5.92 Å². The van der Waals surface area contributed by atoms with Crippen LogP contribution < -0.4 is 4.90 Å². The Bertz CT molecular complexity index is 1430. The fourth-order valence-electron chi connectivity index (χ4n) is 3.95. The molecule has 34 heavy (non-hydrogen) atoms. The molecule has 0 aliphatic carbocycles. The van der Waals surface area contributed by atoms with Gasteiger partial charge in [-0.2, -0.15) is 4.31 Å². The van der Waals surface area contributed by atoms with Gasteiger partial charge in [0.1, 0.15) is 9.97 Å². The van der Waals surface area contributed by atoms with Gasteiger partial charge in [0, 0.05) is 18.1 Å². The standard InChI is InChI=1S/C22H19Cl2N3O4S3/c23-15-5-6-17-18(11-15)32-22(25-17)27(13-16-4-2-10-31-16)21(28)14-3-1-9-26(12-14)34(29,30)20-8-7-19(24)33-20/h2,4-8,10-11,14H,1,3,9,12-13H2. The third kappa shape index (κ3) is 4.75. The monoisotopic (exact) mass is 555 g/mol. The van der Waals surface area contributed by atoms with Gasteiger partial charge in [0.15, 0.2) is 5.13 Å². The molecule has 12 heteroatoms. The van der Waals surface area contributed by atoms with Crippen molar-refractivity contribution in [2.45, 2.75) is 23.6 Å². The number of piperidine rings is 1. The number of fused-ring (bicyclic) bond motifs is 1. The van der Waals surface area contributed by atoms with Crippen LogP contribution in [0.4, 0.5) is 5.13 Å². The highest BCUT2D eigenvalue weighted by Gasteiger charge is 2.37. The molecule has 4 aromatic rings. The summed E-state index contributed by atoms with van der Waals surface area (Å²) in [5.41, 5.74) is 0.740. The minimum Gasteiger partial charge on any atom is -0.467 e. The Hall–Kier alpha value is -1.95. The molecule has 1 aliphatic heterocycles. The van der Waals surface area contributed by atoms with Crippen molar-refractivity contribution >= 4 is 77.2 Å². The molecule has 1 aliphatic rings. The van der Waals surface area contributed by atoms with Crippen LogP contribution in [-0.2, 0) is 21.4 Å². The average molecular weight is 557 g/mol. The van der Waals surface area contributed by atoms with Crippen LogP contribution in [0.2, 0.25) is 9.36 Å². The number of amides is 1. The molecule has 0 radical (unpaired) electrons. The lowest BCUT2D eigenvalue weighted by molar-refractivity contribution is -0.123. The molecular formula is C22H19Cl2N3O4S3. The van der Waals surface area contributed by atoms with Crippen LogP contribution in [0.1, 0.15) is 18.6 Å². The van der Waals surface area contributed by atoms with E-state index in [0.29, 0.717) is 39.6 Å². The predicted octanol–water partition coefficient (Wildman–Crippen LogP) is 5.89. The first-order valence-electron chi connectivity index (χ1n) is 10.5. The van der Waals surface area contributed by atoms with E-state index < -0.39 is 15.9 Å². The Labute approximate surface area is 214 Å².